The molecule has 1 aromatic carbocycles. The first-order valence-corrected chi connectivity index (χ1v) is 8.55. The largest absolute Gasteiger partial charge is 0.351 e. The average molecular weight is 459 g/mol. The van der Waals surface area contributed by atoms with E-state index in [4.69, 9.17) is 11.6 Å². The molecule has 0 fully saturated rings. The lowest BCUT2D eigenvalue weighted by Crippen LogP contribution is -2.34. The summed E-state index contributed by atoms with van der Waals surface area (Å²) in [7, 11) is 0. The molecule has 0 unspecified atom stereocenters. The number of carbonyl (C=O) groups is 1. The number of hydrogen-bond acceptors (Lipinski definition) is 1. The van der Waals surface area contributed by atoms with Gasteiger partial charge in [0.15, 0.2) is 0 Å². The van der Waals surface area contributed by atoms with E-state index in [1.807, 2.05) is 18.2 Å². The van der Waals surface area contributed by atoms with Crippen LogP contribution in [0.5, 0.6) is 0 Å². The normalized spacial score (nSPS) is 11.4. The molecule has 1 N–H and O–H groups in total. The highest BCUT2D eigenvalue weighted by molar-refractivity contribution is 14.1. The summed E-state index contributed by atoms with van der Waals surface area (Å²) in [6.45, 7) is 4.94. The Balaban J connectivity index is 2.62. The van der Waals surface area contributed by atoms with Crippen LogP contribution in [0.25, 0.3) is 0 Å². The second-order valence-corrected chi connectivity index (χ2v) is 7.74. The van der Waals surface area contributed by atoms with Crippen molar-refractivity contribution in [2.24, 2.45) is 5.41 Å². The molecule has 5 heteroatoms. The minimum Gasteiger partial charge on any atom is -0.351 e. The van der Waals surface area contributed by atoms with Crippen LogP contribution >= 0.6 is 50.1 Å². The molecule has 0 heterocycles. The van der Waals surface area contributed by atoms with Crippen LogP contribution in [0.1, 0.15) is 37.0 Å². The molecular weight excluding hydrogens is 440 g/mol. The van der Waals surface area contributed by atoms with Crippen molar-refractivity contribution in [2.75, 3.05) is 12.4 Å². The maximum Gasteiger partial charge on any atom is 0.252 e. The SMILES string of the molecule is CC(C)(CCCCl)CNC(=O)c1cc(I)ccc1Br. The quantitative estimate of drug-likeness (QED) is 0.480. The number of rotatable bonds is 6. The number of hydrogen-bond donors (Lipinski definition) is 1. The lowest BCUT2D eigenvalue weighted by Gasteiger charge is -2.24. The number of halogens is 3. The first-order chi connectivity index (χ1) is 8.85. The Labute approximate surface area is 141 Å². The molecule has 0 aliphatic rings. The molecule has 1 amide bonds. The van der Waals surface area contributed by atoms with Crippen LogP contribution in [0.2, 0.25) is 0 Å². The molecule has 0 radical (unpaired) electrons. The minimum absolute atomic E-state index is 0.0376. The monoisotopic (exact) mass is 457 g/mol. The van der Waals surface area contributed by atoms with E-state index in [9.17, 15) is 4.79 Å². The highest BCUT2D eigenvalue weighted by Crippen LogP contribution is 2.23. The Morgan fingerprint density at radius 3 is 2.79 bits per heavy atom. The topological polar surface area (TPSA) is 29.1 Å². The van der Waals surface area contributed by atoms with Gasteiger partial charge in [0, 0.05) is 20.5 Å². The molecule has 1 rings (SSSR count). The second kappa shape index (κ2) is 7.84. The fraction of sp³-hybridized carbons (Fsp3) is 0.500. The van der Waals surface area contributed by atoms with Crippen LogP contribution in [0, 0.1) is 8.99 Å². The number of benzene rings is 1. The Kier molecular flexibility index (Phi) is 7.11. The number of carbonyl (C=O) groups excluding carboxylic acids is 1. The molecule has 106 valence electrons. The molecule has 0 atom stereocenters. The number of nitrogens with one attached hydrogen (secondary N) is 1. The Bertz CT molecular complexity index is 451. The van der Waals surface area contributed by atoms with E-state index in [2.05, 4.69) is 57.7 Å². The summed E-state index contributed by atoms with van der Waals surface area (Å²) in [5, 5.41) is 3.00. The van der Waals surface area contributed by atoms with Crippen LogP contribution in [0.3, 0.4) is 0 Å². The zero-order chi connectivity index (χ0) is 14.5. The van der Waals surface area contributed by atoms with Crippen molar-refractivity contribution in [3.63, 3.8) is 0 Å². The first-order valence-electron chi connectivity index (χ1n) is 6.15. The third kappa shape index (κ3) is 6.00. The van der Waals surface area contributed by atoms with Crippen molar-refractivity contribution < 1.29 is 4.79 Å². The van der Waals surface area contributed by atoms with E-state index in [-0.39, 0.29) is 11.3 Å². The van der Waals surface area contributed by atoms with Crippen LogP contribution < -0.4 is 5.32 Å². The van der Waals surface area contributed by atoms with Gasteiger partial charge >= 0.3 is 0 Å². The second-order valence-electron chi connectivity index (χ2n) is 5.26. The van der Waals surface area contributed by atoms with Gasteiger partial charge in [0.1, 0.15) is 0 Å². The average Bonchev–Trinajstić information content (AvgIpc) is 2.36. The van der Waals surface area contributed by atoms with Gasteiger partial charge in [-0.3, -0.25) is 4.79 Å². The Morgan fingerprint density at radius 1 is 1.47 bits per heavy atom. The van der Waals surface area contributed by atoms with Crippen molar-refractivity contribution in [1.82, 2.24) is 5.32 Å². The molecule has 19 heavy (non-hydrogen) atoms. The molecular formula is C14H18BrClINO. The van der Waals surface area contributed by atoms with Crippen LogP contribution in [-0.4, -0.2) is 18.3 Å². The van der Waals surface area contributed by atoms with Gasteiger partial charge in [0.05, 0.1) is 5.56 Å². The van der Waals surface area contributed by atoms with Gasteiger partial charge in [0.25, 0.3) is 5.91 Å². The zero-order valence-electron chi connectivity index (χ0n) is 11.1. The number of amides is 1. The van der Waals surface area contributed by atoms with E-state index in [1.54, 1.807) is 0 Å². The smallest absolute Gasteiger partial charge is 0.252 e. The van der Waals surface area contributed by atoms with Crippen molar-refractivity contribution in [1.29, 1.82) is 0 Å². The molecule has 0 aromatic heterocycles. The maximum absolute atomic E-state index is 12.2. The van der Waals surface area contributed by atoms with Crippen molar-refractivity contribution in [2.45, 2.75) is 26.7 Å². The predicted octanol–water partition coefficient (Wildman–Crippen LogP) is 4.83. The molecule has 2 nitrogen and oxygen atoms in total. The van der Waals surface area contributed by atoms with Crippen LogP contribution in [0.15, 0.2) is 22.7 Å². The molecule has 0 aliphatic carbocycles. The van der Waals surface area contributed by atoms with Gasteiger partial charge in [-0.1, -0.05) is 13.8 Å². The van der Waals surface area contributed by atoms with E-state index in [1.165, 1.54) is 0 Å². The maximum atomic E-state index is 12.2. The van der Waals surface area contributed by atoms with Crippen molar-refractivity contribution in [3.8, 4) is 0 Å². The Hall–Kier alpha value is 0.190. The summed E-state index contributed by atoms with van der Waals surface area (Å²) in [6.07, 6.45) is 1.97. The van der Waals surface area contributed by atoms with Gasteiger partial charge in [-0.05, 0) is 75.0 Å². The minimum atomic E-state index is -0.0376. The van der Waals surface area contributed by atoms with Crippen molar-refractivity contribution >= 4 is 56.0 Å². The Morgan fingerprint density at radius 2 is 2.16 bits per heavy atom. The van der Waals surface area contributed by atoms with Gasteiger partial charge in [-0.15, -0.1) is 11.6 Å². The third-order valence-electron chi connectivity index (χ3n) is 2.89. The van der Waals surface area contributed by atoms with Crippen LogP contribution in [0.4, 0.5) is 0 Å². The lowest BCUT2D eigenvalue weighted by atomic mass is 9.88. The van der Waals surface area contributed by atoms with Gasteiger partial charge in [-0.25, -0.2) is 0 Å². The van der Waals surface area contributed by atoms with E-state index >= 15 is 0 Å². The summed E-state index contributed by atoms with van der Waals surface area (Å²) in [5.74, 6) is 0.629. The summed E-state index contributed by atoms with van der Waals surface area (Å²) >= 11 is 11.3. The predicted molar refractivity (Wildman–Crippen MR) is 92.9 cm³/mol. The number of alkyl halides is 1. The van der Waals surface area contributed by atoms with E-state index in [0.717, 1.165) is 20.9 Å². The van der Waals surface area contributed by atoms with Crippen LogP contribution in [-0.2, 0) is 0 Å². The highest BCUT2D eigenvalue weighted by atomic mass is 127. The fourth-order valence-electron chi connectivity index (χ4n) is 1.72. The first kappa shape index (κ1) is 17.2. The molecule has 0 bridgehead atoms. The molecule has 0 saturated heterocycles. The summed E-state index contributed by atoms with van der Waals surface area (Å²) in [6, 6.07) is 5.74. The molecule has 0 saturated carbocycles. The van der Waals surface area contributed by atoms with Crippen molar-refractivity contribution in [3.05, 3.63) is 31.8 Å². The summed E-state index contributed by atoms with van der Waals surface area (Å²) < 4.78 is 1.87. The standard InChI is InChI=1S/C14H18BrClINO/c1-14(2,6-3-7-16)9-18-13(19)11-8-10(17)4-5-12(11)15/h4-5,8H,3,6-7,9H2,1-2H3,(H,18,19). The third-order valence-corrected chi connectivity index (χ3v) is 4.52. The van der Waals surface area contributed by atoms with E-state index < -0.39 is 0 Å². The molecule has 0 spiro atoms. The molecule has 0 aliphatic heterocycles. The highest BCUT2D eigenvalue weighted by Gasteiger charge is 2.19. The van der Waals surface area contributed by atoms with Gasteiger partial charge in [-0.2, -0.15) is 0 Å². The zero-order valence-corrected chi connectivity index (χ0v) is 15.6. The van der Waals surface area contributed by atoms with Gasteiger partial charge in [0.2, 0.25) is 0 Å². The summed E-state index contributed by atoms with van der Waals surface area (Å²) in [4.78, 5) is 12.2. The fourth-order valence-corrected chi connectivity index (χ4v) is 2.77. The lowest BCUT2D eigenvalue weighted by molar-refractivity contribution is 0.0933. The summed E-state index contributed by atoms with van der Waals surface area (Å²) in [5.41, 5.74) is 0.749. The van der Waals surface area contributed by atoms with E-state index in [0.29, 0.717) is 18.0 Å². The van der Waals surface area contributed by atoms with Gasteiger partial charge < -0.3 is 5.32 Å². The molecule has 1 aromatic rings.